The van der Waals surface area contributed by atoms with Crippen LogP contribution in [0.15, 0.2) is 49.2 Å². The molecule has 0 bridgehead atoms. The van der Waals surface area contributed by atoms with Crippen molar-refractivity contribution < 1.29 is 18.0 Å². The Bertz CT molecular complexity index is 1330. The van der Waals surface area contributed by atoms with E-state index in [4.69, 9.17) is 16.9 Å². The minimum atomic E-state index is -4.93. The third-order valence-electron chi connectivity index (χ3n) is 4.06. The van der Waals surface area contributed by atoms with Crippen LogP contribution in [0, 0.1) is 11.3 Å². The van der Waals surface area contributed by atoms with Gasteiger partial charge in [-0.2, -0.15) is 33.7 Å². The Labute approximate surface area is 181 Å². The third-order valence-corrected chi connectivity index (χ3v) is 4.34. The van der Waals surface area contributed by atoms with Gasteiger partial charge < -0.3 is 5.32 Å². The van der Waals surface area contributed by atoms with Gasteiger partial charge in [0.15, 0.2) is 17.3 Å². The van der Waals surface area contributed by atoms with Gasteiger partial charge in [0.25, 0.3) is 5.91 Å². The van der Waals surface area contributed by atoms with Crippen LogP contribution in [-0.4, -0.2) is 40.6 Å². The molecule has 1 N–H and O–H groups in total. The lowest BCUT2D eigenvalue weighted by Crippen LogP contribution is -2.21. The van der Waals surface area contributed by atoms with Gasteiger partial charge in [0.2, 0.25) is 0 Å². The minimum absolute atomic E-state index is 0.0493. The van der Waals surface area contributed by atoms with Crippen molar-refractivity contribution in [1.29, 1.82) is 5.26 Å². The van der Waals surface area contributed by atoms with E-state index in [-0.39, 0.29) is 27.9 Å². The van der Waals surface area contributed by atoms with Gasteiger partial charge in [-0.1, -0.05) is 11.6 Å². The molecule has 32 heavy (non-hydrogen) atoms. The topological polar surface area (TPSA) is 127 Å². The lowest BCUT2D eigenvalue weighted by molar-refractivity contribution is -0.143. The minimum Gasteiger partial charge on any atom is -0.320 e. The number of amides is 1. The van der Waals surface area contributed by atoms with Gasteiger partial charge in [0, 0.05) is 6.20 Å². The second-order valence-corrected chi connectivity index (χ2v) is 6.54. The fraction of sp³-hybridized carbons (Fsp3) is 0.0556. The number of rotatable bonds is 4. The summed E-state index contributed by atoms with van der Waals surface area (Å²) < 4.78 is 41.8. The molecule has 4 rings (SSSR count). The maximum Gasteiger partial charge on any atom is 0.434 e. The molecule has 160 valence electrons. The molecule has 0 saturated carbocycles. The summed E-state index contributed by atoms with van der Waals surface area (Å²) in [4.78, 5) is 21.6. The van der Waals surface area contributed by atoms with Crippen LogP contribution in [0.1, 0.15) is 21.6 Å². The molecule has 0 unspecified atom stereocenters. The summed E-state index contributed by atoms with van der Waals surface area (Å²) in [6.45, 7) is 0. The molecule has 0 saturated heterocycles. The first-order valence-electron chi connectivity index (χ1n) is 8.63. The van der Waals surface area contributed by atoms with Crippen molar-refractivity contribution in [3.63, 3.8) is 0 Å². The monoisotopic (exact) mass is 459 g/mol. The average molecular weight is 460 g/mol. The van der Waals surface area contributed by atoms with Gasteiger partial charge in [-0.25, -0.2) is 14.6 Å². The summed E-state index contributed by atoms with van der Waals surface area (Å²) in [5.74, 6) is -1.12. The van der Waals surface area contributed by atoms with Crippen molar-refractivity contribution in [1.82, 2.24) is 34.7 Å². The van der Waals surface area contributed by atoms with Crippen LogP contribution in [0.25, 0.3) is 11.6 Å². The lowest BCUT2D eigenvalue weighted by Gasteiger charge is -2.12. The van der Waals surface area contributed by atoms with Crippen molar-refractivity contribution in [2.24, 2.45) is 0 Å². The van der Waals surface area contributed by atoms with Crippen LogP contribution in [0.2, 0.25) is 5.02 Å². The van der Waals surface area contributed by atoms with E-state index in [0.717, 1.165) is 17.2 Å². The number of halogens is 4. The lowest BCUT2D eigenvalue weighted by atomic mass is 10.2. The highest BCUT2D eigenvalue weighted by molar-refractivity contribution is 6.32. The summed E-state index contributed by atoms with van der Waals surface area (Å²) in [7, 11) is 0. The third kappa shape index (κ3) is 3.98. The Balaban J connectivity index is 1.66. The van der Waals surface area contributed by atoms with Gasteiger partial charge in [0.05, 0.1) is 46.6 Å². The highest BCUT2D eigenvalue weighted by atomic mass is 35.5. The van der Waals surface area contributed by atoms with Gasteiger partial charge in [-0.15, -0.1) is 4.80 Å². The van der Waals surface area contributed by atoms with Crippen LogP contribution >= 0.6 is 11.6 Å². The number of nitriles is 1. The van der Waals surface area contributed by atoms with E-state index in [1.807, 2.05) is 6.07 Å². The van der Waals surface area contributed by atoms with Gasteiger partial charge in [-0.3, -0.25) is 4.79 Å². The number of aromatic nitrogens is 7. The Morgan fingerprint density at radius 1 is 1.09 bits per heavy atom. The van der Waals surface area contributed by atoms with E-state index in [1.165, 1.54) is 36.8 Å². The maximum atomic E-state index is 13.8. The molecule has 0 fully saturated rings. The largest absolute Gasteiger partial charge is 0.434 e. The number of carbonyl (C=O) groups excluding carboxylic acids is 1. The molecule has 0 spiro atoms. The number of nitrogens with zero attached hydrogens (tertiary/aromatic N) is 8. The smallest absolute Gasteiger partial charge is 0.320 e. The molecule has 0 aliphatic carbocycles. The number of hydrogen-bond donors (Lipinski definition) is 1. The van der Waals surface area contributed by atoms with E-state index in [9.17, 15) is 18.0 Å². The Morgan fingerprint density at radius 3 is 2.44 bits per heavy atom. The van der Waals surface area contributed by atoms with Crippen molar-refractivity contribution in [2.75, 3.05) is 5.32 Å². The number of hydrogen-bond acceptors (Lipinski definition) is 7. The molecule has 4 heterocycles. The summed E-state index contributed by atoms with van der Waals surface area (Å²) in [5, 5.41) is 22.6. The number of nitrogens with one attached hydrogen (secondary N) is 1. The molecular formula is C18H9ClF3N9O. The number of carbonyl (C=O) groups is 1. The maximum absolute atomic E-state index is 13.8. The zero-order chi connectivity index (χ0) is 22.9. The molecule has 0 radical (unpaired) electrons. The standard InChI is InChI=1S/C18H9ClF3N9O/c19-13-5-11(8-25-16(13)31-26-3-4-27-31)29-17(32)12-9-28-30(15(12)18(20,21)22)14-2-1-10(6-23)7-24-14/h1-5,7-9H,(H,29,32). The molecule has 10 nitrogen and oxygen atoms in total. The van der Waals surface area contributed by atoms with Crippen LogP contribution in [0.5, 0.6) is 0 Å². The zero-order valence-electron chi connectivity index (χ0n) is 15.6. The predicted molar refractivity (Wildman–Crippen MR) is 103 cm³/mol. The van der Waals surface area contributed by atoms with Crippen molar-refractivity contribution in [3.05, 3.63) is 71.0 Å². The van der Waals surface area contributed by atoms with E-state index in [1.54, 1.807) is 0 Å². The second-order valence-electron chi connectivity index (χ2n) is 6.14. The van der Waals surface area contributed by atoms with E-state index in [2.05, 4.69) is 30.6 Å². The molecule has 14 heteroatoms. The van der Waals surface area contributed by atoms with Crippen LogP contribution in [0.4, 0.5) is 18.9 Å². The highest BCUT2D eigenvalue weighted by Gasteiger charge is 2.41. The first kappa shape index (κ1) is 20.9. The summed E-state index contributed by atoms with van der Waals surface area (Å²) in [6.07, 6.45) is 0.960. The summed E-state index contributed by atoms with van der Waals surface area (Å²) in [5.41, 5.74) is -1.86. The van der Waals surface area contributed by atoms with E-state index in [0.29, 0.717) is 4.68 Å². The van der Waals surface area contributed by atoms with Crippen molar-refractivity contribution in [3.8, 4) is 17.7 Å². The highest BCUT2D eigenvalue weighted by Crippen LogP contribution is 2.34. The molecule has 0 aliphatic heterocycles. The van der Waals surface area contributed by atoms with Gasteiger partial charge in [0.1, 0.15) is 6.07 Å². The number of alkyl halides is 3. The van der Waals surface area contributed by atoms with Gasteiger partial charge >= 0.3 is 6.18 Å². The molecule has 4 aromatic heterocycles. The Morgan fingerprint density at radius 2 is 1.84 bits per heavy atom. The fourth-order valence-corrected chi connectivity index (χ4v) is 2.95. The van der Waals surface area contributed by atoms with E-state index >= 15 is 0 Å². The molecule has 1 amide bonds. The van der Waals surface area contributed by atoms with Gasteiger partial charge in [-0.05, 0) is 18.2 Å². The molecule has 0 aromatic carbocycles. The quantitative estimate of drug-likeness (QED) is 0.496. The summed E-state index contributed by atoms with van der Waals surface area (Å²) >= 11 is 6.12. The van der Waals surface area contributed by atoms with E-state index < -0.39 is 23.3 Å². The SMILES string of the molecule is N#Cc1ccc(-n2ncc(C(=O)Nc3cnc(-n4nccn4)c(Cl)c3)c2C(F)(F)F)nc1. The fourth-order valence-electron chi connectivity index (χ4n) is 2.71. The first-order valence-corrected chi connectivity index (χ1v) is 9.01. The first-order chi connectivity index (χ1) is 15.3. The van der Waals surface area contributed by atoms with Crippen LogP contribution in [0.3, 0.4) is 0 Å². The van der Waals surface area contributed by atoms with Crippen molar-refractivity contribution in [2.45, 2.75) is 6.18 Å². The zero-order valence-corrected chi connectivity index (χ0v) is 16.4. The second kappa shape index (κ2) is 8.08. The Hall–Kier alpha value is -4.31. The van der Waals surface area contributed by atoms with Crippen LogP contribution < -0.4 is 5.32 Å². The molecule has 4 aromatic rings. The van der Waals surface area contributed by atoms with Crippen molar-refractivity contribution >= 4 is 23.2 Å². The number of anilines is 1. The molecule has 0 atom stereocenters. The normalized spacial score (nSPS) is 11.2. The average Bonchev–Trinajstić information content (AvgIpc) is 3.44. The summed E-state index contributed by atoms with van der Waals surface area (Å²) in [6, 6.07) is 5.58. The van der Waals surface area contributed by atoms with Crippen LogP contribution in [-0.2, 0) is 6.18 Å². The predicted octanol–water partition coefficient (Wildman–Crippen LogP) is 3.04. The Kier molecular flexibility index (Phi) is 5.29. The molecule has 0 aliphatic rings. The molecular weight excluding hydrogens is 451 g/mol. The number of pyridine rings is 2.